The van der Waals surface area contributed by atoms with Crippen molar-refractivity contribution >= 4 is 5.91 Å². The van der Waals surface area contributed by atoms with Gasteiger partial charge in [0, 0.05) is 49.4 Å². The van der Waals surface area contributed by atoms with E-state index in [0.717, 1.165) is 5.69 Å². The fourth-order valence-electron chi connectivity index (χ4n) is 3.76. The summed E-state index contributed by atoms with van der Waals surface area (Å²) in [6, 6.07) is 7.31. The van der Waals surface area contributed by atoms with Crippen molar-refractivity contribution in [2.45, 2.75) is 46.4 Å². The van der Waals surface area contributed by atoms with Crippen LogP contribution >= 0.6 is 0 Å². The van der Waals surface area contributed by atoms with Crippen molar-refractivity contribution in [1.82, 2.24) is 19.8 Å². The van der Waals surface area contributed by atoms with Gasteiger partial charge in [-0.2, -0.15) is 0 Å². The van der Waals surface area contributed by atoms with Gasteiger partial charge in [-0.1, -0.05) is 38.7 Å². The Labute approximate surface area is 196 Å². The number of pyridine rings is 2. The van der Waals surface area contributed by atoms with Gasteiger partial charge < -0.3 is 14.7 Å². The third kappa shape index (κ3) is 6.53. The van der Waals surface area contributed by atoms with Gasteiger partial charge >= 0.3 is 0 Å². The van der Waals surface area contributed by atoms with Gasteiger partial charge in [-0.05, 0) is 32.2 Å². The Hall–Kier alpha value is -2.95. The zero-order valence-electron chi connectivity index (χ0n) is 20.2. The van der Waals surface area contributed by atoms with Crippen molar-refractivity contribution in [3.63, 3.8) is 0 Å². The van der Waals surface area contributed by atoms with Crippen LogP contribution in [0.2, 0.25) is 0 Å². The number of nitrogens with zero attached hydrogens (tertiary/aromatic N) is 4. The summed E-state index contributed by atoms with van der Waals surface area (Å²) in [5.74, 6) is 6.56. The molecule has 0 bridgehead atoms. The fraction of sp³-hybridized carbons (Fsp3) is 0.500. The average molecular weight is 451 g/mol. The number of aliphatic hydroxyl groups excluding tert-OH is 1. The smallest absolute Gasteiger partial charge is 0.259 e. The number of rotatable bonds is 6. The second-order valence-electron chi connectivity index (χ2n) is 9.14. The molecule has 0 saturated carbocycles. The van der Waals surface area contributed by atoms with E-state index in [0.29, 0.717) is 36.6 Å². The number of hydrogen-bond acceptors (Lipinski definition) is 6. The number of fused-ring (bicyclic) bond motifs is 1. The molecule has 0 aromatic carbocycles. The first-order valence-electron chi connectivity index (χ1n) is 11.5. The summed E-state index contributed by atoms with van der Waals surface area (Å²) >= 11 is 0. The van der Waals surface area contributed by atoms with Crippen molar-refractivity contribution in [1.29, 1.82) is 0 Å². The first kappa shape index (κ1) is 24.7. The van der Waals surface area contributed by atoms with Gasteiger partial charge in [-0.3, -0.25) is 14.7 Å². The second kappa shape index (κ2) is 11.3. The van der Waals surface area contributed by atoms with E-state index < -0.39 is 0 Å². The zero-order valence-corrected chi connectivity index (χ0v) is 20.2. The highest BCUT2D eigenvalue weighted by Gasteiger charge is 2.34. The van der Waals surface area contributed by atoms with Crippen LogP contribution in [0.5, 0.6) is 5.88 Å². The molecule has 0 fully saturated rings. The molecule has 0 aliphatic carbocycles. The van der Waals surface area contributed by atoms with Gasteiger partial charge in [0.2, 0.25) is 5.88 Å². The maximum absolute atomic E-state index is 13.4. The molecule has 176 valence electrons. The largest absolute Gasteiger partial charge is 0.472 e. The van der Waals surface area contributed by atoms with Crippen LogP contribution in [0.25, 0.3) is 0 Å². The van der Waals surface area contributed by atoms with Crippen molar-refractivity contribution in [2.24, 2.45) is 11.8 Å². The van der Waals surface area contributed by atoms with Crippen LogP contribution in [0.1, 0.15) is 49.3 Å². The van der Waals surface area contributed by atoms with Crippen LogP contribution in [0.4, 0.5) is 0 Å². The highest BCUT2D eigenvalue weighted by Crippen LogP contribution is 2.27. The van der Waals surface area contributed by atoms with E-state index in [1.807, 2.05) is 46.0 Å². The number of ether oxygens (including phenoxy) is 1. The van der Waals surface area contributed by atoms with Crippen LogP contribution in [0.3, 0.4) is 0 Å². The van der Waals surface area contributed by atoms with E-state index in [4.69, 9.17) is 4.74 Å². The Morgan fingerprint density at radius 1 is 1.30 bits per heavy atom. The van der Waals surface area contributed by atoms with Crippen molar-refractivity contribution in [3.05, 3.63) is 53.5 Å². The molecular formula is C26H34N4O3. The Morgan fingerprint density at radius 2 is 2.09 bits per heavy atom. The summed E-state index contributed by atoms with van der Waals surface area (Å²) in [5.41, 5.74) is 2.04. The zero-order chi connectivity index (χ0) is 24.0. The maximum Gasteiger partial charge on any atom is 0.259 e. The van der Waals surface area contributed by atoms with Crippen molar-refractivity contribution < 1.29 is 14.6 Å². The molecule has 2 aromatic rings. The summed E-state index contributed by atoms with van der Waals surface area (Å²) in [5, 5.41) is 9.80. The summed E-state index contributed by atoms with van der Waals surface area (Å²) < 4.78 is 6.34. The molecule has 1 N–H and O–H groups in total. The third-order valence-corrected chi connectivity index (χ3v) is 5.68. The van der Waals surface area contributed by atoms with Gasteiger partial charge in [0.15, 0.2) is 0 Å². The molecule has 1 aliphatic rings. The second-order valence-corrected chi connectivity index (χ2v) is 9.14. The summed E-state index contributed by atoms with van der Waals surface area (Å²) in [6.45, 7) is 9.64. The van der Waals surface area contributed by atoms with Gasteiger partial charge in [-0.15, -0.1) is 0 Å². The number of carbonyl (C=O) groups is 1. The van der Waals surface area contributed by atoms with Crippen LogP contribution in [-0.4, -0.2) is 69.7 Å². The highest BCUT2D eigenvalue weighted by atomic mass is 16.5. The quantitative estimate of drug-likeness (QED) is 0.682. The summed E-state index contributed by atoms with van der Waals surface area (Å²) in [7, 11) is 2.03. The molecule has 1 aliphatic heterocycles. The molecule has 0 unspecified atom stereocenters. The first-order chi connectivity index (χ1) is 15.8. The summed E-state index contributed by atoms with van der Waals surface area (Å²) in [4.78, 5) is 26.2. The topological polar surface area (TPSA) is 78.8 Å². The summed E-state index contributed by atoms with van der Waals surface area (Å²) in [6.07, 6.45) is 3.25. The molecule has 3 rings (SSSR count). The number of aliphatic hydroxyl groups is 1. The van der Waals surface area contributed by atoms with E-state index in [2.05, 4.69) is 33.6 Å². The van der Waals surface area contributed by atoms with Crippen LogP contribution in [-0.2, 0) is 6.54 Å². The van der Waals surface area contributed by atoms with E-state index in [-0.39, 0.29) is 36.5 Å². The van der Waals surface area contributed by atoms with E-state index >= 15 is 0 Å². The monoisotopic (exact) mass is 450 g/mol. The molecule has 0 saturated heterocycles. The molecule has 2 aromatic heterocycles. The Balaban J connectivity index is 1.91. The van der Waals surface area contributed by atoms with E-state index in [9.17, 15) is 9.90 Å². The molecular weight excluding hydrogens is 416 g/mol. The van der Waals surface area contributed by atoms with Crippen molar-refractivity contribution in [2.75, 3.05) is 26.7 Å². The normalized spacial score (nSPS) is 19.3. The molecule has 3 atom stereocenters. The van der Waals surface area contributed by atoms with Gasteiger partial charge in [0.05, 0.1) is 18.3 Å². The minimum absolute atomic E-state index is 0.0319. The fourth-order valence-corrected chi connectivity index (χ4v) is 3.76. The third-order valence-electron chi connectivity index (χ3n) is 5.68. The molecule has 3 heterocycles. The molecule has 0 spiro atoms. The first-order valence-corrected chi connectivity index (χ1v) is 11.5. The minimum Gasteiger partial charge on any atom is -0.472 e. The molecule has 0 radical (unpaired) electrons. The highest BCUT2D eigenvalue weighted by molar-refractivity contribution is 5.97. The van der Waals surface area contributed by atoms with Crippen molar-refractivity contribution in [3.8, 4) is 17.7 Å². The average Bonchev–Trinajstić information content (AvgIpc) is 2.80. The molecule has 7 heteroatoms. The number of aromatic nitrogens is 2. The van der Waals surface area contributed by atoms with Gasteiger partial charge in [0.25, 0.3) is 5.91 Å². The molecule has 33 heavy (non-hydrogen) atoms. The standard InChI is InChI=1S/C26H34N4O3/c1-18(2)9-10-21-12-23-25(28-13-21)33-24(16-29(5)15-22-8-6-7-11-27-22)19(3)14-30(26(23)32)20(4)17-31/h6-8,11-13,18-20,24,31H,14-17H2,1-5H3/t19-,20-,24+/m0/s1. The number of amides is 1. The Kier molecular flexibility index (Phi) is 8.43. The number of likely N-dealkylation sites (N-methyl/N-ethyl adjacent to an activating group) is 1. The Morgan fingerprint density at radius 3 is 2.76 bits per heavy atom. The van der Waals surface area contributed by atoms with Gasteiger partial charge in [-0.25, -0.2) is 4.98 Å². The lowest BCUT2D eigenvalue weighted by molar-refractivity contribution is 0.0324. The maximum atomic E-state index is 13.4. The Bertz CT molecular complexity index is 1000. The van der Waals surface area contributed by atoms with Crippen LogP contribution < -0.4 is 4.74 Å². The lowest BCUT2D eigenvalue weighted by Gasteiger charge is -2.37. The predicted octanol–water partition coefficient (Wildman–Crippen LogP) is 2.84. The van der Waals surface area contributed by atoms with Gasteiger partial charge in [0.1, 0.15) is 11.7 Å². The molecule has 7 nitrogen and oxygen atoms in total. The minimum atomic E-state index is -0.316. The van der Waals surface area contributed by atoms with E-state index in [1.165, 1.54) is 0 Å². The van der Waals surface area contributed by atoms with E-state index in [1.54, 1.807) is 23.4 Å². The SMILES string of the molecule is CC(C)C#Cc1cnc2c(c1)C(=O)N([C@@H](C)CO)C[C@H](C)[C@@H](CN(C)Cc1ccccn1)O2. The lowest BCUT2D eigenvalue weighted by atomic mass is 9.99. The van der Waals surface area contributed by atoms with Crippen LogP contribution in [0.15, 0.2) is 36.7 Å². The lowest BCUT2D eigenvalue weighted by Crippen LogP contribution is -2.49. The predicted molar refractivity (Wildman–Crippen MR) is 128 cm³/mol. The van der Waals surface area contributed by atoms with Crippen LogP contribution in [0, 0.1) is 23.7 Å². The number of hydrogen-bond donors (Lipinski definition) is 1. The number of carbonyl (C=O) groups excluding carboxylic acids is 1. The molecule has 1 amide bonds.